The molecule has 0 radical (unpaired) electrons. The van der Waals surface area contributed by atoms with Crippen molar-refractivity contribution >= 4 is 40.7 Å². The number of nitrogens with zero attached hydrogens (tertiary/aromatic N) is 1. The van der Waals surface area contributed by atoms with E-state index in [4.69, 9.17) is 23.2 Å². The predicted octanol–water partition coefficient (Wildman–Crippen LogP) is 4.75. The maximum absolute atomic E-state index is 12.6. The first kappa shape index (κ1) is 23.2. The number of para-hydroxylation sites is 1. The van der Waals surface area contributed by atoms with Crippen LogP contribution in [0.2, 0.25) is 10.0 Å². The molecule has 0 aliphatic heterocycles. The third-order valence-corrected chi connectivity index (χ3v) is 5.53. The molecule has 7 heteroatoms. The number of benzene rings is 2. The van der Waals surface area contributed by atoms with Crippen molar-refractivity contribution < 1.29 is 9.59 Å². The highest BCUT2D eigenvalue weighted by Crippen LogP contribution is 2.26. The zero-order valence-corrected chi connectivity index (χ0v) is 18.9. The second-order valence-electron chi connectivity index (χ2n) is 7.30. The van der Waals surface area contributed by atoms with Gasteiger partial charge in [-0.3, -0.25) is 14.5 Å². The molecule has 5 nitrogen and oxygen atoms in total. The molecule has 2 aromatic carbocycles. The van der Waals surface area contributed by atoms with Crippen LogP contribution < -0.4 is 10.6 Å². The van der Waals surface area contributed by atoms with E-state index < -0.39 is 6.04 Å². The van der Waals surface area contributed by atoms with Gasteiger partial charge < -0.3 is 10.6 Å². The van der Waals surface area contributed by atoms with Crippen molar-refractivity contribution in [1.29, 1.82) is 0 Å². The fourth-order valence-corrected chi connectivity index (χ4v) is 3.59. The number of rotatable bonds is 7. The van der Waals surface area contributed by atoms with Crippen LogP contribution in [0.25, 0.3) is 0 Å². The number of carbonyl (C=O) groups is 2. The first-order valence-electron chi connectivity index (χ1n) is 9.41. The Labute approximate surface area is 182 Å². The quantitative estimate of drug-likeness (QED) is 0.659. The van der Waals surface area contributed by atoms with E-state index in [1.807, 2.05) is 39.0 Å². The van der Waals surface area contributed by atoms with Crippen LogP contribution in [0.4, 0.5) is 5.69 Å². The monoisotopic (exact) mass is 435 g/mol. The van der Waals surface area contributed by atoms with E-state index in [0.717, 1.165) is 22.4 Å². The first-order chi connectivity index (χ1) is 13.6. The zero-order valence-electron chi connectivity index (χ0n) is 17.3. The van der Waals surface area contributed by atoms with Crippen molar-refractivity contribution in [2.45, 2.75) is 39.8 Å². The van der Waals surface area contributed by atoms with Gasteiger partial charge in [-0.1, -0.05) is 47.5 Å². The van der Waals surface area contributed by atoms with Crippen molar-refractivity contribution in [2.75, 3.05) is 18.9 Å². The van der Waals surface area contributed by atoms with Gasteiger partial charge in [-0.15, -0.1) is 0 Å². The van der Waals surface area contributed by atoms with Gasteiger partial charge in [0, 0.05) is 15.7 Å². The second-order valence-corrected chi connectivity index (χ2v) is 8.15. The summed E-state index contributed by atoms with van der Waals surface area (Å²) in [6.07, 6.45) is 0. The summed E-state index contributed by atoms with van der Waals surface area (Å²) in [7, 11) is 1.74. The Morgan fingerprint density at radius 3 is 2.28 bits per heavy atom. The molecule has 2 rings (SSSR count). The van der Waals surface area contributed by atoms with Crippen molar-refractivity contribution in [3.05, 3.63) is 63.1 Å². The summed E-state index contributed by atoms with van der Waals surface area (Å²) < 4.78 is 0. The third-order valence-electron chi connectivity index (χ3n) is 4.97. The fourth-order valence-electron chi connectivity index (χ4n) is 3.02. The number of likely N-dealkylation sites (N-methyl/N-ethyl adjacent to an activating group) is 1. The average molecular weight is 436 g/mol. The maximum Gasteiger partial charge on any atom is 0.238 e. The van der Waals surface area contributed by atoms with E-state index in [1.165, 1.54) is 0 Å². The average Bonchev–Trinajstić information content (AvgIpc) is 2.63. The zero-order chi connectivity index (χ0) is 21.7. The van der Waals surface area contributed by atoms with Gasteiger partial charge in [0.15, 0.2) is 0 Å². The lowest BCUT2D eigenvalue weighted by Crippen LogP contribution is -2.46. The van der Waals surface area contributed by atoms with Gasteiger partial charge in [-0.2, -0.15) is 0 Å². The Hall–Kier alpha value is -2.08. The van der Waals surface area contributed by atoms with Crippen LogP contribution in [0.15, 0.2) is 36.4 Å². The number of hydrogen-bond donors (Lipinski definition) is 2. The molecule has 0 heterocycles. The minimum Gasteiger partial charge on any atom is -0.348 e. The van der Waals surface area contributed by atoms with E-state index in [9.17, 15) is 9.59 Å². The Bertz CT molecular complexity index is 881. The molecule has 2 unspecified atom stereocenters. The smallest absolute Gasteiger partial charge is 0.238 e. The van der Waals surface area contributed by atoms with Crippen LogP contribution >= 0.6 is 23.2 Å². The summed E-state index contributed by atoms with van der Waals surface area (Å²) in [6.45, 7) is 7.61. The van der Waals surface area contributed by atoms with Gasteiger partial charge in [0.25, 0.3) is 0 Å². The summed E-state index contributed by atoms with van der Waals surface area (Å²) in [5.74, 6) is -0.357. The maximum atomic E-state index is 12.6. The van der Waals surface area contributed by atoms with Gasteiger partial charge >= 0.3 is 0 Å². The van der Waals surface area contributed by atoms with Crippen molar-refractivity contribution in [3.63, 3.8) is 0 Å². The summed E-state index contributed by atoms with van der Waals surface area (Å²) in [5.41, 5.74) is 3.60. The number of nitrogens with one attached hydrogen (secondary N) is 2. The molecular weight excluding hydrogens is 409 g/mol. The van der Waals surface area contributed by atoms with Crippen LogP contribution in [0, 0.1) is 13.8 Å². The molecule has 2 N–H and O–H groups in total. The number of aryl methyl sites for hydroxylation is 2. The lowest BCUT2D eigenvalue weighted by Gasteiger charge is -2.25. The lowest BCUT2D eigenvalue weighted by atomic mass is 10.1. The Morgan fingerprint density at radius 2 is 1.69 bits per heavy atom. The standard InChI is InChI=1S/C22H27Cl2N3O2/c1-13-7-6-8-14(2)21(13)26-20(28)12-27(5)16(4)22(29)25-15(3)18-10-9-17(23)11-19(18)24/h6-11,15-16H,12H2,1-5H3,(H,25,29)(H,26,28). The molecule has 0 fully saturated rings. The summed E-state index contributed by atoms with van der Waals surface area (Å²) in [5, 5.41) is 6.92. The van der Waals surface area contributed by atoms with Crippen molar-refractivity contribution in [3.8, 4) is 0 Å². The highest BCUT2D eigenvalue weighted by atomic mass is 35.5. The van der Waals surface area contributed by atoms with Gasteiger partial charge in [-0.05, 0) is 63.6 Å². The molecule has 0 aliphatic rings. The van der Waals surface area contributed by atoms with Crippen LogP contribution in [0.3, 0.4) is 0 Å². The molecule has 2 amide bonds. The van der Waals surface area contributed by atoms with E-state index in [0.29, 0.717) is 10.0 Å². The Kier molecular flexibility index (Phi) is 8.08. The van der Waals surface area contributed by atoms with Gasteiger partial charge in [0.2, 0.25) is 11.8 Å². The summed E-state index contributed by atoms with van der Waals surface area (Å²) in [4.78, 5) is 26.8. The van der Waals surface area contributed by atoms with Gasteiger partial charge in [0.05, 0.1) is 18.6 Å². The SMILES string of the molecule is Cc1cccc(C)c1NC(=O)CN(C)C(C)C(=O)NC(C)c1ccc(Cl)cc1Cl. The highest BCUT2D eigenvalue weighted by Gasteiger charge is 2.23. The number of hydrogen-bond acceptors (Lipinski definition) is 3. The largest absolute Gasteiger partial charge is 0.348 e. The molecule has 0 saturated heterocycles. The molecule has 0 bridgehead atoms. The molecule has 156 valence electrons. The van der Waals surface area contributed by atoms with Crippen molar-refractivity contribution in [1.82, 2.24) is 10.2 Å². The third kappa shape index (κ3) is 6.20. The Morgan fingerprint density at radius 1 is 1.07 bits per heavy atom. The molecule has 2 atom stereocenters. The molecule has 2 aromatic rings. The molecule has 0 aromatic heterocycles. The lowest BCUT2D eigenvalue weighted by molar-refractivity contribution is -0.127. The van der Waals surface area contributed by atoms with Gasteiger partial charge in [-0.25, -0.2) is 0 Å². The number of carbonyl (C=O) groups excluding carboxylic acids is 2. The van der Waals surface area contributed by atoms with Crippen LogP contribution in [0.1, 0.15) is 36.6 Å². The molecule has 0 spiro atoms. The Balaban J connectivity index is 1.95. The number of halogens is 2. The van der Waals surface area contributed by atoms with E-state index in [2.05, 4.69) is 10.6 Å². The van der Waals surface area contributed by atoms with Crippen molar-refractivity contribution in [2.24, 2.45) is 0 Å². The normalized spacial score (nSPS) is 13.1. The topological polar surface area (TPSA) is 61.4 Å². The van der Waals surface area contributed by atoms with E-state index >= 15 is 0 Å². The minimum atomic E-state index is -0.493. The summed E-state index contributed by atoms with van der Waals surface area (Å²) in [6, 6.07) is 10.2. The van der Waals surface area contributed by atoms with E-state index in [1.54, 1.807) is 37.1 Å². The predicted molar refractivity (Wildman–Crippen MR) is 120 cm³/mol. The van der Waals surface area contributed by atoms with Crippen LogP contribution in [-0.2, 0) is 9.59 Å². The molecule has 29 heavy (non-hydrogen) atoms. The molecule has 0 saturated carbocycles. The number of amides is 2. The van der Waals surface area contributed by atoms with Crippen LogP contribution in [0.5, 0.6) is 0 Å². The van der Waals surface area contributed by atoms with E-state index in [-0.39, 0.29) is 24.4 Å². The van der Waals surface area contributed by atoms with Gasteiger partial charge in [0.1, 0.15) is 0 Å². The number of anilines is 1. The highest BCUT2D eigenvalue weighted by molar-refractivity contribution is 6.35. The second kappa shape index (κ2) is 10.1. The molecule has 0 aliphatic carbocycles. The van der Waals surface area contributed by atoms with Crippen LogP contribution in [-0.4, -0.2) is 36.3 Å². The fraction of sp³-hybridized carbons (Fsp3) is 0.364. The molecular formula is C22H27Cl2N3O2. The first-order valence-corrected chi connectivity index (χ1v) is 10.2. The minimum absolute atomic E-state index is 0.0957. The summed E-state index contributed by atoms with van der Waals surface area (Å²) >= 11 is 12.2.